The monoisotopic (exact) mass is 315 g/mol. The fourth-order valence-electron chi connectivity index (χ4n) is 1.85. The summed E-state index contributed by atoms with van der Waals surface area (Å²) in [6, 6.07) is 12.8. The molecule has 0 aliphatic carbocycles. The molecule has 1 amide bonds. The van der Waals surface area contributed by atoms with E-state index in [1.54, 1.807) is 36.4 Å². The van der Waals surface area contributed by atoms with E-state index in [2.05, 4.69) is 5.32 Å². The fourth-order valence-corrected chi connectivity index (χ4v) is 1.85. The predicted octanol–water partition coefficient (Wildman–Crippen LogP) is 2.59. The zero-order valence-electron chi connectivity index (χ0n) is 12.6. The summed E-state index contributed by atoms with van der Waals surface area (Å²) in [5.41, 5.74) is 0.582. The highest BCUT2D eigenvalue weighted by Gasteiger charge is 2.13. The molecule has 0 fully saturated rings. The van der Waals surface area contributed by atoms with Crippen molar-refractivity contribution in [3.63, 3.8) is 0 Å². The summed E-state index contributed by atoms with van der Waals surface area (Å²) in [4.78, 5) is 23.5. The lowest BCUT2D eigenvalue weighted by atomic mass is 10.2. The van der Waals surface area contributed by atoms with E-state index in [0.29, 0.717) is 18.0 Å². The normalized spacial score (nSPS) is 9.96. The Hall–Kier alpha value is -3.02. The van der Waals surface area contributed by atoms with E-state index in [0.717, 1.165) is 0 Å². The minimum Gasteiger partial charge on any atom is -0.507 e. The first-order valence-corrected chi connectivity index (χ1v) is 7.08. The Morgan fingerprint density at radius 3 is 2.43 bits per heavy atom. The van der Waals surface area contributed by atoms with Gasteiger partial charge in [-0.3, -0.25) is 4.79 Å². The zero-order valence-corrected chi connectivity index (χ0v) is 12.6. The molecule has 0 heterocycles. The van der Waals surface area contributed by atoms with Crippen molar-refractivity contribution in [2.45, 2.75) is 6.92 Å². The first-order chi connectivity index (χ1) is 11.1. The van der Waals surface area contributed by atoms with E-state index < -0.39 is 18.5 Å². The number of ether oxygens (including phenoxy) is 2. The molecule has 0 atom stereocenters. The van der Waals surface area contributed by atoms with E-state index in [1.807, 2.05) is 6.92 Å². The van der Waals surface area contributed by atoms with E-state index >= 15 is 0 Å². The summed E-state index contributed by atoms with van der Waals surface area (Å²) in [6.07, 6.45) is 0. The topological polar surface area (TPSA) is 84.9 Å². The van der Waals surface area contributed by atoms with Crippen molar-refractivity contribution in [1.82, 2.24) is 0 Å². The Balaban J connectivity index is 1.85. The molecule has 120 valence electrons. The summed E-state index contributed by atoms with van der Waals surface area (Å²) in [5.74, 6) is -0.719. The highest BCUT2D eigenvalue weighted by molar-refractivity contribution is 5.96. The van der Waals surface area contributed by atoms with Crippen molar-refractivity contribution >= 4 is 17.6 Å². The molecular formula is C17H17NO5. The van der Waals surface area contributed by atoms with Gasteiger partial charge in [0.15, 0.2) is 6.61 Å². The molecular weight excluding hydrogens is 298 g/mol. The van der Waals surface area contributed by atoms with Gasteiger partial charge in [0.2, 0.25) is 0 Å². The Labute approximate surface area is 133 Å². The molecule has 0 bridgehead atoms. The molecule has 6 nitrogen and oxygen atoms in total. The smallest absolute Gasteiger partial charge is 0.342 e. The first kappa shape index (κ1) is 16.4. The number of hydrogen-bond acceptors (Lipinski definition) is 5. The van der Waals surface area contributed by atoms with Crippen LogP contribution in [0.2, 0.25) is 0 Å². The summed E-state index contributed by atoms with van der Waals surface area (Å²) in [6.45, 7) is 2.00. The summed E-state index contributed by atoms with van der Waals surface area (Å²) < 4.78 is 10.2. The van der Waals surface area contributed by atoms with Crippen LogP contribution in [-0.4, -0.2) is 30.2 Å². The first-order valence-electron chi connectivity index (χ1n) is 7.08. The van der Waals surface area contributed by atoms with Crippen LogP contribution in [0.5, 0.6) is 11.5 Å². The Bertz CT molecular complexity index is 682. The molecule has 0 saturated heterocycles. The number of rotatable bonds is 6. The molecule has 0 saturated carbocycles. The van der Waals surface area contributed by atoms with Crippen molar-refractivity contribution in [2.24, 2.45) is 0 Å². The minimum absolute atomic E-state index is 0.0152. The average molecular weight is 315 g/mol. The van der Waals surface area contributed by atoms with Gasteiger partial charge in [-0.2, -0.15) is 0 Å². The van der Waals surface area contributed by atoms with Gasteiger partial charge in [0.05, 0.1) is 6.61 Å². The maximum Gasteiger partial charge on any atom is 0.342 e. The van der Waals surface area contributed by atoms with Gasteiger partial charge < -0.3 is 19.9 Å². The van der Waals surface area contributed by atoms with Gasteiger partial charge in [0.1, 0.15) is 17.1 Å². The Kier molecular flexibility index (Phi) is 5.57. The number of benzene rings is 2. The second-order valence-electron chi connectivity index (χ2n) is 4.60. The van der Waals surface area contributed by atoms with Crippen LogP contribution in [0.3, 0.4) is 0 Å². The number of amides is 1. The van der Waals surface area contributed by atoms with Gasteiger partial charge in [0, 0.05) is 5.69 Å². The molecule has 6 heteroatoms. The second-order valence-corrected chi connectivity index (χ2v) is 4.60. The number of carbonyl (C=O) groups is 2. The van der Waals surface area contributed by atoms with Crippen molar-refractivity contribution in [2.75, 3.05) is 18.5 Å². The molecule has 2 rings (SSSR count). The molecule has 0 spiro atoms. The third-order valence-electron chi connectivity index (χ3n) is 2.91. The zero-order chi connectivity index (χ0) is 16.7. The van der Waals surface area contributed by atoms with Crippen molar-refractivity contribution in [3.05, 3.63) is 54.1 Å². The van der Waals surface area contributed by atoms with Crippen LogP contribution in [0.15, 0.2) is 48.5 Å². The number of esters is 1. The van der Waals surface area contributed by atoms with E-state index in [9.17, 15) is 14.7 Å². The lowest BCUT2D eigenvalue weighted by Gasteiger charge is -2.08. The lowest BCUT2D eigenvalue weighted by Crippen LogP contribution is -2.20. The molecule has 2 aromatic carbocycles. The van der Waals surface area contributed by atoms with Crippen LogP contribution in [-0.2, 0) is 9.53 Å². The Morgan fingerprint density at radius 1 is 1.09 bits per heavy atom. The van der Waals surface area contributed by atoms with E-state index in [4.69, 9.17) is 9.47 Å². The number of phenolic OH excluding ortho intramolecular Hbond substituents is 1. The van der Waals surface area contributed by atoms with Crippen LogP contribution in [0, 0.1) is 0 Å². The molecule has 0 aliphatic heterocycles. The highest BCUT2D eigenvalue weighted by atomic mass is 16.5. The number of hydrogen-bond donors (Lipinski definition) is 2. The van der Waals surface area contributed by atoms with Crippen molar-refractivity contribution in [1.29, 1.82) is 0 Å². The average Bonchev–Trinajstić information content (AvgIpc) is 2.55. The fraction of sp³-hybridized carbons (Fsp3) is 0.176. The number of phenols is 1. The molecule has 23 heavy (non-hydrogen) atoms. The molecule has 2 aromatic rings. The molecule has 0 radical (unpaired) electrons. The van der Waals surface area contributed by atoms with Crippen LogP contribution in [0.4, 0.5) is 5.69 Å². The van der Waals surface area contributed by atoms with Crippen LogP contribution < -0.4 is 10.1 Å². The quantitative estimate of drug-likeness (QED) is 0.800. The van der Waals surface area contributed by atoms with Gasteiger partial charge >= 0.3 is 5.97 Å². The third-order valence-corrected chi connectivity index (χ3v) is 2.91. The van der Waals surface area contributed by atoms with Gasteiger partial charge in [-0.1, -0.05) is 12.1 Å². The Morgan fingerprint density at radius 2 is 1.78 bits per heavy atom. The summed E-state index contributed by atoms with van der Waals surface area (Å²) in [5, 5.41) is 12.1. The molecule has 0 unspecified atom stereocenters. The highest BCUT2D eigenvalue weighted by Crippen LogP contribution is 2.17. The van der Waals surface area contributed by atoms with Crippen LogP contribution in [0.1, 0.15) is 17.3 Å². The third kappa shape index (κ3) is 4.74. The second kappa shape index (κ2) is 7.84. The largest absolute Gasteiger partial charge is 0.507 e. The lowest BCUT2D eigenvalue weighted by molar-refractivity contribution is -0.119. The number of carbonyl (C=O) groups excluding carboxylic acids is 2. The van der Waals surface area contributed by atoms with Crippen molar-refractivity contribution in [3.8, 4) is 11.5 Å². The number of anilines is 1. The molecule has 2 N–H and O–H groups in total. The van der Waals surface area contributed by atoms with Gasteiger partial charge in [-0.05, 0) is 43.3 Å². The van der Waals surface area contributed by atoms with Gasteiger partial charge in [-0.25, -0.2) is 4.79 Å². The predicted molar refractivity (Wildman–Crippen MR) is 84.6 cm³/mol. The van der Waals surface area contributed by atoms with E-state index in [1.165, 1.54) is 12.1 Å². The van der Waals surface area contributed by atoms with Gasteiger partial charge in [0.25, 0.3) is 5.91 Å². The summed E-state index contributed by atoms with van der Waals surface area (Å²) in [7, 11) is 0. The number of aromatic hydroxyl groups is 1. The number of para-hydroxylation sites is 1. The van der Waals surface area contributed by atoms with Crippen LogP contribution >= 0.6 is 0 Å². The molecule has 0 aromatic heterocycles. The minimum atomic E-state index is -0.759. The SMILES string of the molecule is CCOc1ccc(NC(=O)COC(=O)c2ccccc2O)cc1. The maximum atomic E-state index is 11.8. The van der Waals surface area contributed by atoms with Crippen molar-refractivity contribution < 1.29 is 24.2 Å². The van der Waals surface area contributed by atoms with Gasteiger partial charge in [-0.15, -0.1) is 0 Å². The standard InChI is InChI=1S/C17H17NO5/c1-2-22-13-9-7-12(8-10-13)18-16(20)11-23-17(21)14-5-3-4-6-15(14)19/h3-10,19H,2,11H2,1H3,(H,18,20). The van der Waals surface area contributed by atoms with E-state index in [-0.39, 0.29) is 11.3 Å². The maximum absolute atomic E-state index is 11.8. The summed E-state index contributed by atoms with van der Waals surface area (Å²) >= 11 is 0. The van der Waals surface area contributed by atoms with Crippen LogP contribution in [0.25, 0.3) is 0 Å². The number of nitrogens with one attached hydrogen (secondary N) is 1. The molecule has 0 aliphatic rings.